The first kappa shape index (κ1) is 28.0. The van der Waals surface area contributed by atoms with Gasteiger partial charge in [-0.1, -0.05) is 6.07 Å². The van der Waals surface area contributed by atoms with Gasteiger partial charge in [0, 0.05) is 32.2 Å². The molecule has 0 bridgehead atoms. The number of nitrogens with one attached hydrogen (secondary N) is 3. The Bertz CT molecular complexity index is 1390. The largest absolute Gasteiger partial charge is 0.389 e. The van der Waals surface area contributed by atoms with E-state index in [1.807, 2.05) is 4.57 Å². The number of hydrogen-bond donors (Lipinski definition) is 3. The van der Waals surface area contributed by atoms with Crippen LogP contribution < -0.4 is 10.6 Å². The van der Waals surface area contributed by atoms with Crippen LogP contribution in [0.3, 0.4) is 0 Å². The van der Waals surface area contributed by atoms with E-state index in [2.05, 4.69) is 25.6 Å². The molecular weight excluding hydrogens is 535 g/mol. The molecule has 3 N–H and O–H groups in total. The number of aromatic amines is 1. The van der Waals surface area contributed by atoms with E-state index in [1.54, 1.807) is 25.1 Å². The lowest BCUT2D eigenvalue weighted by atomic mass is 9.81. The number of halogens is 5. The standard InChI is InChI=1S/C27H31F5N6O2/c1-15(34-22(39)8-11-27(30,31)32)17-4-5-18-19(13-17)36-24(35-18)23(16-6-9-26(28,29)10-7-16)37-25(40)20-14-33-21-3-2-12-38(20)21/h4-5,13-16,23H,2-3,6-12H2,1H3,(H,34,39)(H,35,36)(H,37,40)/t15-,23+/m1/s1. The number of fused-ring (bicyclic) bond motifs is 2. The van der Waals surface area contributed by atoms with Gasteiger partial charge < -0.3 is 20.2 Å². The van der Waals surface area contributed by atoms with E-state index in [1.165, 1.54) is 6.20 Å². The van der Waals surface area contributed by atoms with Crippen LogP contribution in [0.2, 0.25) is 0 Å². The summed E-state index contributed by atoms with van der Waals surface area (Å²) in [5.41, 5.74) is 2.22. The smallest absolute Gasteiger partial charge is 0.350 e. The van der Waals surface area contributed by atoms with Crippen LogP contribution in [-0.4, -0.2) is 43.4 Å². The maximum Gasteiger partial charge on any atom is 0.389 e. The quantitative estimate of drug-likeness (QED) is 0.312. The van der Waals surface area contributed by atoms with E-state index in [4.69, 9.17) is 0 Å². The second-order valence-corrected chi connectivity index (χ2v) is 10.8. The third-order valence-electron chi connectivity index (χ3n) is 7.81. The van der Waals surface area contributed by atoms with Crippen LogP contribution in [0.5, 0.6) is 0 Å². The minimum absolute atomic E-state index is 0.214. The molecule has 0 saturated heterocycles. The number of carbonyl (C=O) groups is 2. The van der Waals surface area contributed by atoms with Gasteiger partial charge in [-0.2, -0.15) is 13.2 Å². The molecular formula is C27H31F5N6O2. The van der Waals surface area contributed by atoms with Crippen LogP contribution in [-0.2, 0) is 17.8 Å². The average Bonchev–Trinajstić information content (AvgIpc) is 3.61. The van der Waals surface area contributed by atoms with Gasteiger partial charge in [0.2, 0.25) is 11.8 Å². The van der Waals surface area contributed by atoms with Crippen molar-refractivity contribution in [3.05, 3.63) is 47.3 Å². The van der Waals surface area contributed by atoms with Gasteiger partial charge in [0.1, 0.15) is 17.3 Å². The topological polar surface area (TPSA) is 105 Å². The molecule has 1 saturated carbocycles. The lowest BCUT2D eigenvalue weighted by molar-refractivity contribution is -0.144. The summed E-state index contributed by atoms with van der Waals surface area (Å²) in [5, 5.41) is 5.60. The first-order valence-electron chi connectivity index (χ1n) is 13.5. The Balaban J connectivity index is 1.36. The number of rotatable bonds is 8. The Labute approximate surface area is 227 Å². The minimum atomic E-state index is -4.41. The second kappa shape index (κ2) is 10.8. The zero-order valence-electron chi connectivity index (χ0n) is 22.0. The second-order valence-electron chi connectivity index (χ2n) is 10.8. The number of imidazole rings is 2. The van der Waals surface area contributed by atoms with Gasteiger partial charge in [0.05, 0.1) is 35.7 Å². The Morgan fingerprint density at radius 2 is 1.95 bits per heavy atom. The minimum Gasteiger partial charge on any atom is -0.350 e. The number of aryl methyl sites for hydroxylation is 1. The highest BCUT2D eigenvalue weighted by Crippen LogP contribution is 2.41. The Hall–Kier alpha value is -3.51. The molecule has 2 atom stereocenters. The number of H-pyrrole nitrogens is 1. The van der Waals surface area contributed by atoms with Crippen molar-refractivity contribution < 1.29 is 31.5 Å². The van der Waals surface area contributed by atoms with Crippen molar-refractivity contribution in [2.45, 2.75) is 89.0 Å². The van der Waals surface area contributed by atoms with E-state index in [9.17, 15) is 31.5 Å². The summed E-state index contributed by atoms with van der Waals surface area (Å²) in [6.07, 6.45) is -3.17. The first-order chi connectivity index (χ1) is 18.9. The van der Waals surface area contributed by atoms with Crippen LogP contribution in [0.1, 0.15) is 91.7 Å². The van der Waals surface area contributed by atoms with Crippen molar-refractivity contribution in [2.24, 2.45) is 5.92 Å². The summed E-state index contributed by atoms with van der Waals surface area (Å²) in [7, 11) is 0. The fourth-order valence-electron chi connectivity index (χ4n) is 5.57. The molecule has 1 aromatic carbocycles. The molecule has 0 radical (unpaired) electrons. The monoisotopic (exact) mass is 566 g/mol. The van der Waals surface area contributed by atoms with Gasteiger partial charge in [-0.3, -0.25) is 9.59 Å². The van der Waals surface area contributed by atoms with Crippen LogP contribution in [0.15, 0.2) is 24.4 Å². The SMILES string of the molecule is C[C@@H](NC(=O)CCC(F)(F)F)c1ccc2[nH]c([C@@H](NC(=O)c3cnc4n3CCC4)C3CCC(F)(F)CC3)nc2c1. The number of nitrogens with zero attached hydrogens (tertiary/aromatic N) is 3. The van der Waals surface area contributed by atoms with Crippen molar-refractivity contribution in [1.29, 1.82) is 0 Å². The Morgan fingerprint density at radius 1 is 1.20 bits per heavy atom. The molecule has 1 fully saturated rings. The zero-order chi connectivity index (χ0) is 28.7. The van der Waals surface area contributed by atoms with Crippen LogP contribution >= 0.6 is 0 Å². The Kier molecular flexibility index (Phi) is 7.58. The van der Waals surface area contributed by atoms with Crippen molar-refractivity contribution >= 4 is 22.8 Å². The number of carbonyl (C=O) groups excluding carboxylic acids is 2. The average molecular weight is 567 g/mol. The molecule has 2 amide bonds. The van der Waals surface area contributed by atoms with E-state index < -0.39 is 42.9 Å². The zero-order valence-corrected chi connectivity index (χ0v) is 22.0. The van der Waals surface area contributed by atoms with Gasteiger partial charge >= 0.3 is 6.18 Å². The molecule has 1 aliphatic carbocycles. The van der Waals surface area contributed by atoms with Crippen molar-refractivity contribution in [2.75, 3.05) is 0 Å². The van der Waals surface area contributed by atoms with Gasteiger partial charge in [0.25, 0.3) is 5.91 Å². The van der Waals surface area contributed by atoms with E-state index in [-0.39, 0.29) is 37.5 Å². The number of amides is 2. The van der Waals surface area contributed by atoms with Gasteiger partial charge in [-0.15, -0.1) is 0 Å². The highest BCUT2D eigenvalue weighted by atomic mass is 19.4. The molecule has 216 valence electrons. The first-order valence-corrected chi connectivity index (χ1v) is 13.5. The number of benzene rings is 1. The molecule has 3 aromatic rings. The highest BCUT2D eigenvalue weighted by molar-refractivity contribution is 5.93. The van der Waals surface area contributed by atoms with Crippen molar-refractivity contribution in [1.82, 2.24) is 30.2 Å². The lowest BCUT2D eigenvalue weighted by Crippen LogP contribution is -2.38. The lowest BCUT2D eigenvalue weighted by Gasteiger charge is -2.33. The maximum absolute atomic E-state index is 14.0. The van der Waals surface area contributed by atoms with Crippen molar-refractivity contribution in [3.63, 3.8) is 0 Å². The maximum atomic E-state index is 14.0. The fourth-order valence-corrected chi connectivity index (χ4v) is 5.57. The number of hydrogen-bond acceptors (Lipinski definition) is 4. The highest BCUT2D eigenvalue weighted by Gasteiger charge is 2.40. The van der Waals surface area contributed by atoms with Crippen LogP contribution in [0.25, 0.3) is 11.0 Å². The predicted molar refractivity (Wildman–Crippen MR) is 136 cm³/mol. The molecule has 0 spiro atoms. The van der Waals surface area contributed by atoms with Crippen LogP contribution in [0.4, 0.5) is 22.0 Å². The van der Waals surface area contributed by atoms with E-state index in [0.29, 0.717) is 34.7 Å². The van der Waals surface area contributed by atoms with Gasteiger partial charge in [-0.25, -0.2) is 18.7 Å². The van der Waals surface area contributed by atoms with E-state index in [0.717, 1.165) is 18.7 Å². The third-order valence-corrected chi connectivity index (χ3v) is 7.81. The summed E-state index contributed by atoms with van der Waals surface area (Å²) < 4.78 is 67.1. The number of aromatic nitrogens is 4. The molecule has 0 unspecified atom stereocenters. The van der Waals surface area contributed by atoms with Gasteiger partial charge in [-0.05, 0) is 49.8 Å². The molecule has 8 nitrogen and oxygen atoms in total. The van der Waals surface area contributed by atoms with E-state index >= 15 is 0 Å². The molecule has 40 heavy (non-hydrogen) atoms. The van der Waals surface area contributed by atoms with Crippen molar-refractivity contribution in [3.8, 4) is 0 Å². The normalized spacial score (nSPS) is 18.9. The predicted octanol–water partition coefficient (Wildman–Crippen LogP) is 5.52. The molecule has 3 heterocycles. The Morgan fingerprint density at radius 3 is 2.67 bits per heavy atom. The molecule has 5 rings (SSSR count). The summed E-state index contributed by atoms with van der Waals surface area (Å²) in [6, 6.07) is 3.96. The fraction of sp³-hybridized carbons (Fsp3) is 0.556. The van der Waals surface area contributed by atoms with Gasteiger partial charge in [0.15, 0.2) is 0 Å². The molecule has 2 aliphatic rings. The number of alkyl halides is 5. The summed E-state index contributed by atoms with van der Waals surface area (Å²) >= 11 is 0. The summed E-state index contributed by atoms with van der Waals surface area (Å²) in [6.45, 7) is 2.35. The molecule has 13 heteroatoms. The summed E-state index contributed by atoms with van der Waals surface area (Å²) in [5.74, 6) is -2.79. The van der Waals surface area contributed by atoms with Crippen LogP contribution in [0, 0.1) is 5.92 Å². The summed E-state index contributed by atoms with van der Waals surface area (Å²) in [4.78, 5) is 37.5. The third kappa shape index (κ3) is 6.28. The molecule has 2 aromatic heterocycles. The molecule has 1 aliphatic heterocycles.